The molecule has 0 amide bonds. The van der Waals surface area contributed by atoms with Crippen LogP contribution in [0.1, 0.15) is 16.8 Å². The van der Waals surface area contributed by atoms with Crippen LogP contribution >= 0.6 is 11.3 Å². The lowest BCUT2D eigenvalue weighted by Crippen LogP contribution is -2.23. The van der Waals surface area contributed by atoms with E-state index in [4.69, 9.17) is 5.84 Å². The highest BCUT2D eigenvalue weighted by Crippen LogP contribution is 2.15. The number of nitrogens with two attached hydrogens (primary N) is 1. The Kier molecular flexibility index (Phi) is 4.65. The molecule has 4 N–H and O–H groups in total. The van der Waals surface area contributed by atoms with Gasteiger partial charge in [0.1, 0.15) is 10.8 Å². The molecule has 0 unspecified atom stereocenters. The van der Waals surface area contributed by atoms with Gasteiger partial charge in [0.25, 0.3) is 0 Å². The monoisotopic (exact) mass is 313 g/mol. The van der Waals surface area contributed by atoms with Crippen molar-refractivity contribution in [2.75, 3.05) is 5.43 Å². The Balaban J connectivity index is 2.10. The van der Waals surface area contributed by atoms with Gasteiger partial charge >= 0.3 is 0 Å². The van der Waals surface area contributed by atoms with Crippen molar-refractivity contribution < 1.29 is 8.42 Å². The van der Waals surface area contributed by atoms with Crippen LogP contribution in [0.15, 0.2) is 29.4 Å². The first kappa shape index (κ1) is 14.9. The van der Waals surface area contributed by atoms with E-state index in [1.807, 2.05) is 6.92 Å². The van der Waals surface area contributed by atoms with Gasteiger partial charge in [-0.15, -0.1) is 11.3 Å². The maximum Gasteiger partial charge on any atom is 0.241 e. The molecule has 0 radical (unpaired) electrons. The van der Waals surface area contributed by atoms with Crippen LogP contribution in [0.3, 0.4) is 0 Å². The standard InChI is InChI=1S/C11H15N5O2S2/c1-2-8-6-14-11(19-8)7-15-20(17,18)9-3-4-13-10(5-9)16-12/h3-6,15H,2,7,12H2,1H3,(H,13,16). The third-order valence-electron chi connectivity index (χ3n) is 2.55. The summed E-state index contributed by atoms with van der Waals surface area (Å²) in [7, 11) is -3.61. The van der Waals surface area contributed by atoms with Gasteiger partial charge in [-0.25, -0.2) is 29.0 Å². The van der Waals surface area contributed by atoms with Gasteiger partial charge in [0.05, 0.1) is 11.4 Å². The van der Waals surface area contributed by atoms with Gasteiger partial charge in [-0.2, -0.15) is 0 Å². The molecule has 7 nitrogen and oxygen atoms in total. The number of rotatable bonds is 6. The van der Waals surface area contributed by atoms with Crippen LogP contribution in [0.25, 0.3) is 0 Å². The predicted octanol–water partition coefficient (Wildman–Crippen LogP) is 0.865. The number of thiazole rings is 1. The Bertz CT molecular complexity index is 684. The summed E-state index contributed by atoms with van der Waals surface area (Å²) in [4.78, 5) is 9.26. The number of hydrogen-bond acceptors (Lipinski definition) is 7. The van der Waals surface area contributed by atoms with Crippen molar-refractivity contribution in [3.05, 3.63) is 34.4 Å². The van der Waals surface area contributed by atoms with Crippen LogP contribution in [-0.4, -0.2) is 18.4 Å². The lowest BCUT2D eigenvalue weighted by molar-refractivity contribution is 0.581. The van der Waals surface area contributed by atoms with E-state index in [0.29, 0.717) is 0 Å². The van der Waals surface area contributed by atoms with Crippen LogP contribution < -0.4 is 16.0 Å². The van der Waals surface area contributed by atoms with E-state index in [2.05, 4.69) is 20.1 Å². The molecule has 0 bridgehead atoms. The number of aromatic nitrogens is 2. The fourth-order valence-electron chi connectivity index (χ4n) is 1.49. The van der Waals surface area contributed by atoms with Gasteiger partial charge < -0.3 is 5.43 Å². The first-order valence-electron chi connectivity index (χ1n) is 5.91. The van der Waals surface area contributed by atoms with Crippen molar-refractivity contribution in [3.63, 3.8) is 0 Å². The highest BCUT2D eigenvalue weighted by molar-refractivity contribution is 7.89. The molecular weight excluding hydrogens is 298 g/mol. The largest absolute Gasteiger partial charge is 0.308 e. The first-order valence-corrected chi connectivity index (χ1v) is 8.21. The van der Waals surface area contributed by atoms with Gasteiger partial charge in [-0.05, 0) is 12.5 Å². The summed E-state index contributed by atoms with van der Waals surface area (Å²) in [6, 6.07) is 2.77. The van der Waals surface area contributed by atoms with Crippen molar-refractivity contribution in [1.29, 1.82) is 0 Å². The summed E-state index contributed by atoms with van der Waals surface area (Å²) in [5.41, 5.74) is 2.31. The molecule has 2 aromatic heterocycles. The zero-order valence-corrected chi connectivity index (χ0v) is 12.5. The summed E-state index contributed by atoms with van der Waals surface area (Å²) < 4.78 is 26.7. The van der Waals surface area contributed by atoms with E-state index in [9.17, 15) is 8.42 Å². The van der Waals surface area contributed by atoms with Crippen molar-refractivity contribution in [2.24, 2.45) is 5.84 Å². The van der Waals surface area contributed by atoms with E-state index in [0.717, 1.165) is 16.3 Å². The fourth-order valence-corrected chi connectivity index (χ4v) is 3.38. The van der Waals surface area contributed by atoms with Gasteiger partial charge in [0.15, 0.2) is 0 Å². The van der Waals surface area contributed by atoms with E-state index in [-0.39, 0.29) is 17.3 Å². The zero-order valence-electron chi connectivity index (χ0n) is 10.8. The number of hydrazine groups is 1. The minimum atomic E-state index is -3.61. The maximum atomic E-state index is 12.1. The molecule has 0 saturated heterocycles. The summed E-state index contributed by atoms with van der Waals surface area (Å²) in [5.74, 6) is 5.50. The van der Waals surface area contributed by atoms with E-state index in [1.165, 1.54) is 29.7 Å². The van der Waals surface area contributed by atoms with Crippen molar-refractivity contribution in [2.45, 2.75) is 24.8 Å². The van der Waals surface area contributed by atoms with Crippen LogP contribution in [0, 0.1) is 0 Å². The molecule has 0 spiro atoms. The molecule has 0 aromatic carbocycles. The lowest BCUT2D eigenvalue weighted by atomic mass is 10.4. The normalized spacial score (nSPS) is 11.5. The number of pyridine rings is 1. The summed E-state index contributed by atoms with van der Waals surface area (Å²) in [5, 5.41) is 0.733. The maximum absolute atomic E-state index is 12.1. The van der Waals surface area contributed by atoms with Crippen molar-refractivity contribution in [1.82, 2.24) is 14.7 Å². The number of anilines is 1. The van der Waals surface area contributed by atoms with Crippen molar-refractivity contribution >= 4 is 27.2 Å². The fraction of sp³-hybridized carbons (Fsp3) is 0.273. The molecule has 9 heteroatoms. The highest BCUT2D eigenvalue weighted by Gasteiger charge is 2.15. The predicted molar refractivity (Wildman–Crippen MR) is 77.6 cm³/mol. The first-order chi connectivity index (χ1) is 9.55. The molecule has 108 valence electrons. The summed E-state index contributed by atoms with van der Waals surface area (Å²) in [6.07, 6.45) is 4.03. The number of aryl methyl sites for hydroxylation is 1. The molecule has 0 fully saturated rings. The van der Waals surface area contributed by atoms with Crippen LogP contribution in [0.4, 0.5) is 5.82 Å². The van der Waals surface area contributed by atoms with E-state index >= 15 is 0 Å². The van der Waals surface area contributed by atoms with E-state index in [1.54, 1.807) is 6.20 Å². The van der Waals surface area contributed by atoms with Gasteiger partial charge in [-0.3, -0.25) is 0 Å². The smallest absolute Gasteiger partial charge is 0.241 e. The Morgan fingerprint density at radius 3 is 2.85 bits per heavy atom. The number of nitrogen functional groups attached to an aromatic ring is 1. The molecule has 0 saturated carbocycles. The average Bonchev–Trinajstić information content (AvgIpc) is 2.93. The minimum Gasteiger partial charge on any atom is -0.308 e. The van der Waals surface area contributed by atoms with Crippen LogP contribution in [-0.2, 0) is 23.0 Å². The Morgan fingerprint density at radius 2 is 2.20 bits per heavy atom. The molecular formula is C11H15N5O2S2. The summed E-state index contributed by atoms with van der Waals surface area (Å²) in [6.45, 7) is 2.19. The van der Waals surface area contributed by atoms with Crippen LogP contribution in [0.5, 0.6) is 0 Å². The molecule has 0 atom stereocenters. The highest BCUT2D eigenvalue weighted by atomic mass is 32.2. The quantitative estimate of drug-likeness (QED) is 0.539. The molecule has 0 aliphatic carbocycles. The molecule has 0 aliphatic rings. The molecule has 2 aromatic rings. The van der Waals surface area contributed by atoms with Crippen molar-refractivity contribution in [3.8, 4) is 0 Å². The Hall–Kier alpha value is -1.55. The summed E-state index contributed by atoms with van der Waals surface area (Å²) >= 11 is 1.49. The molecule has 20 heavy (non-hydrogen) atoms. The zero-order chi connectivity index (χ0) is 14.6. The average molecular weight is 313 g/mol. The topological polar surface area (TPSA) is 110 Å². The number of nitrogens with zero attached hydrogens (tertiary/aromatic N) is 2. The Morgan fingerprint density at radius 1 is 1.40 bits per heavy atom. The second-order valence-electron chi connectivity index (χ2n) is 3.92. The number of sulfonamides is 1. The van der Waals surface area contributed by atoms with Gasteiger partial charge in [0.2, 0.25) is 10.0 Å². The van der Waals surface area contributed by atoms with Crippen LogP contribution in [0.2, 0.25) is 0 Å². The van der Waals surface area contributed by atoms with Gasteiger partial charge in [0, 0.05) is 23.3 Å². The minimum absolute atomic E-state index is 0.104. The van der Waals surface area contributed by atoms with Gasteiger partial charge in [-0.1, -0.05) is 6.92 Å². The molecule has 2 rings (SSSR count). The number of nitrogens with one attached hydrogen (secondary N) is 2. The molecule has 0 aliphatic heterocycles. The Labute approximate surface area is 121 Å². The second kappa shape index (κ2) is 6.27. The SMILES string of the molecule is CCc1cnc(CNS(=O)(=O)c2ccnc(NN)c2)s1. The number of hydrogen-bond donors (Lipinski definition) is 3. The van der Waals surface area contributed by atoms with E-state index < -0.39 is 10.0 Å². The third-order valence-corrected chi connectivity index (χ3v) is 5.09. The third kappa shape index (κ3) is 3.51. The lowest BCUT2D eigenvalue weighted by Gasteiger charge is -2.06. The molecule has 2 heterocycles. The second-order valence-corrected chi connectivity index (χ2v) is 6.89.